The Morgan fingerprint density at radius 1 is 0.818 bits per heavy atom. The van der Waals surface area contributed by atoms with Gasteiger partial charge in [0.25, 0.3) is 0 Å². The molecule has 0 unspecified atom stereocenters. The number of aromatic amines is 1. The number of nitrogens with one attached hydrogen (secondary N) is 1. The van der Waals surface area contributed by atoms with Crippen LogP contribution in [0.2, 0.25) is 0 Å². The third kappa shape index (κ3) is 5.03. The molecule has 2 aromatic heterocycles. The maximum atomic E-state index is 4.67. The number of halogens is 3. The minimum absolute atomic E-state index is 0. The summed E-state index contributed by atoms with van der Waals surface area (Å²) < 4.78 is 0. The van der Waals surface area contributed by atoms with E-state index in [1.807, 2.05) is 12.4 Å². The summed E-state index contributed by atoms with van der Waals surface area (Å²) in [4.78, 5) is 14.0. The maximum absolute atomic E-state index is 4.67. The molecule has 174 valence electrons. The van der Waals surface area contributed by atoms with Gasteiger partial charge in [0.2, 0.25) is 0 Å². The molecule has 0 bridgehead atoms. The molecular formula is C24H27Cl3N6. The van der Waals surface area contributed by atoms with Crippen molar-refractivity contribution in [1.29, 1.82) is 0 Å². The van der Waals surface area contributed by atoms with Crippen molar-refractivity contribution in [2.45, 2.75) is 18.8 Å². The van der Waals surface area contributed by atoms with E-state index in [0.29, 0.717) is 0 Å². The fourth-order valence-corrected chi connectivity index (χ4v) is 4.45. The van der Waals surface area contributed by atoms with Crippen LogP contribution in [0.25, 0.3) is 22.0 Å². The highest BCUT2D eigenvalue weighted by atomic mass is 35.5. The second-order valence-corrected chi connectivity index (χ2v) is 8.26. The van der Waals surface area contributed by atoms with E-state index in [0.717, 1.165) is 59.9 Å². The zero-order valence-electron chi connectivity index (χ0n) is 18.1. The Morgan fingerprint density at radius 2 is 1.61 bits per heavy atom. The van der Waals surface area contributed by atoms with Gasteiger partial charge in [-0.05, 0) is 54.2 Å². The van der Waals surface area contributed by atoms with E-state index in [4.69, 9.17) is 0 Å². The van der Waals surface area contributed by atoms with Crippen LogP contribution >= 0.6 is 37.2 Å². The molecule has 6 rings (SSSR count). The van der Waals surface area contributed by atoms with Gasteiger partial charge in [-0.25, -0.2) is 9.97 Å². The number of aromatic nitrogens is 4. The molecule has 1 aliphatic heterocycles. The number of hydrogen-bond donors (Lipinski definition) is 1. The van der Waals surface area contributed by atoms with Crippen LogP contribution in [0.4, 0.5) is 11.5 Å². The summed E-state index contributed by atoms with van der Waals surface area (Å²) in [7, 11) is 0. The molecule has 1 aliphatic carbocycles. The molecule has 33 heavy (non-hydrogen) atoms. The van der Waals surface area contributed by atoms with E-state index in [9.17, 15) is 0 Å². The largest absolute Gasteiger partial charge is 0.368 e. The second-order valence-electron chi connectivity index (χ2n) is 8.26. The molecular weight excluding hydrogens is 479 g/mol. The molecule has 0 amide bonds. The first-order valence-corrected chi connectivity index (χ1v) is 10.7. The van der Waals surface area contributed by atoms with Crippen molar-refractivity contribution < 1.29 is 0 Å². The summed E-state index contributed by atoms with van der Waals surface area (Å²) in [6.45, 7) is 3.91. The van der Waals surface area contributed by atoms with E-state index in [-0.39, 0.29) is 37.2 Å². The quantitative estimate of drug-likeness (QED) is 0.397. The minimum Gasteiger partial charge on any atom is -0.368 e. The summed E-state index contributed by atoms with van der Waals surface area (Å²) in [6, 6.07) is 15.5. The lowest BCUT2D eigenvalue weighted by atomic mass is 10.1. The number of benzene rings is 2. The van der Waals surface area contributed by atoms with E-state index in [1.54, 1.807) is 6.33 Å². The third-order valence-corrected chi connectivity index (χ3v) is 6.31. The summed E-state index contributed by atoms with van der Waals surface area (Å²) in [5.74, 6) is 1.82. The lowest BCUT2D eigenvalue weighted by Crippen LogP contribution is -2.47. The molecule has 0 atom stereocenters. The van der Waals surface area contributed by atoms with Crippen molar-refractivity contribution in [3.05, 3.63) is 66.7 Å². The van der Waals surface area contributed by atoms with Crippen molar-refractivity contribution in [2.75, 3.05) is 36.0 Å². The SMILES string of the molecule is Cl.Cl.Cl.c1cc(C2CC2)cc(N2CCN(c3ncnc4ccc(-c5cn[nH]c5)cc34)CC2)c1. The highest BCUT2D eigenvalue weighted by Gasteiger charge is 2.25. The zero-order chi connectivity index (χ0) is 19.9. The highest BCUT2D eigenvalue weighted by molar-refractivity contribution is 5.93. The summed E-state index contributed by atoms with van der Waals surface area (Å²) in [5, 5.41) is 8.07. The van der Waals surface area contributed by atoms with Gasteiger partial charge < -0.3 is 9.80 Å². The first-order valence-electron chi connectivity index (χ1n) is 10.7. The van der Waals surface area contributed by atoms with Gasteiger partial charge in [0.1, 0.15) is 12.1 Å². The topological polar surface area (TPSA) is 60.9 Å². The lowest BCUT2D eigenvalue weighted by molar-refractivity contribution is 0.648. The number of piperazine rings is 1. The Kier molecular flexibility index (Phi) is 8.05. The van der Waals surface area contributed by atoms with Crippen molar-refractivity contribution in [3.63, 3.8) is 0 Å². The van der Waals surface area contributed by atoms with E-state index < -0.39 is 0 Å². The molecule has 1 saturated carbocycles. The molecule has 2 aromatic carbocycles. The van der Waals surface area contributed by atoms with Gasteiger partial charge >= 0.3 is 0 Å². The number of rotatable bonds is 4. The molecule has 2 aliphatic rings. The van der Waals surface area contributed by atoms with Crippen molar-refractivity contribution in [3.8, 4) is 11.1 Å². The van der Waals surface area contributed by atoms with Gasteiger partial charge in [-0.1, -0.05) is 18.2 Å². The first kappa shape index (κ1) is 25.1. The van der Waals surface area contributed by atoms with Gasteiger partial charge in [-0.3, -0.25) is 5.10 Å². The standard InChI is InChI=1S/C24H24N6.3ClH/c1-2-18(17-4-5-17)12-21(3-1)29-8-10-30(11-9-29)24-22-13-19(20-14-27-28-15-20)6-7-23(22)25-16-26-24;;;/h1-3,6-7,12-17H,4-5,8-11H2,(H,27,28);3*1H. The Morgan fingerprint density at radius 3 is 2.33 bits per heavy atom. The van der Waals surface area contributed by atoms with Crippen LogP contribution in [-0.2, 0) is 0 Å². The molecule has 1 N–H and O–H groups in total. The van der Waals surface area contributed by atoms with Crippen LogP contribution in [0.5, 0.6) is 0 Å². The van der Waals surface area contributed by atoms with E-state index >= 15 is 0 Å². The average molecular weight is 506 g/mol. The van der Waals surface area contributed by atoms with E-state index in [2.05, 4.69) is 72.4 Å². The normalized spacial score (nSPS) is 15.4. The monoisotopic (exact) mass is 504 g/mol. The van der Waals surface area contributed by atoms with E-state index in [1.165, 1.54) is 24.1 Å². The van der Waals surface area contributed by atoms with Gasteiger partial charge in [-0.2, -0.15) is 5.10 Å². The lowest BCUT2D eigenvalue weighted by Gasteiger charge is -2.37. The average Bonchev–Trinajstić information content (AvgIpc) is 3.52. The number of fused-ring (bicyclic) bond motifs is 1. The smallest absolute Gasteiger partial charge is 0.140 e. The summed E-state index contributed by atoms with van der Waals surface area (Å²) in [5.41, 5.74) is 6.04. The molecule has 9 heteroatoms. The van der Waals surface area contributed by atoms with Crippen LogP contribution in [0.3, 0.4) is 0 Å². The molecule has 3 heterocycles. The van der Waals surface area contributed by atoms with Gasteiger partial charge in [0.15, 0.2) is 0 Å². The van der Waals surface area contributed by atoms with Gasteiger partial charge in [0.05, 0.1) is 11.7 Å². The number of H-pyrrole nitrogens is 1. The van der Waals surface area contributed by atoms with Crippen LogP contribution in [0, 0.1) is 0 Å². The summed E-state index contributed by atoms with van der Waals surface area (Å²) >= 11 is 0. The molecule has 2 fully saturated rings. The fraction of sp³-hybridized carbons (Fsp3) is 0.292. The zero-order valence-corrected chi connectivity index (χ0v) is 20.5. The predicted molar refractivity (Wildman–Crippen MR) is 142 cm³/mol. The van der Waals surface area contributed by atoms with Crippen LogP contribution in [0.15, 0.2) is 61.2 Å². The minimum atomic E-state index is 0. The third-order valence-electron chi connectivity index (χ3n) is 6.31. The Labute approximate surface area is 212 Å². The summed E-state index contributed by atoms with van der Waals surface area (Å²) in [6.07, 6.45) is 8.14. The van der Waals surface area contributed by atoms with Gasteiger partial charge in [0, 0.05) is 49.0 Å². The number of nitrogens with zero attached hydrogens (tertiary/aromatic N) is 5. The van der Waals surface area contributed by atoms with Crippen molar-refractivity contribution in [1.82, 2.24) is 20.2 Å². The van der Waals surface area contributed by atoms with Crippen molar-refractivity contribution in [2.24, 2.45) is 0 Å². The Bertz CT molecular complexity index is 1190. The van der Waals surface area contributed by atoms with Gasteiger partial charge in [-0.15, -0.1) is 37.2 Å². The number of hydrogen-bond acceptors (Lipinski definition) is 5. The highest BCUT2D eigenvalue weighted by Crippen LogP contribution is 2.41. The first-order chi connectivity index (χ1) is 14.8. The molecule has 0 radical (unpaired) electrons. The Balaban J connectivity index is 0.00000102. The van der Waals surface area contributed by atoms with Crippen molar-refractivity contribution >= 4 is 59.6 Å². The van der Waals surface area contributed by atoms with Crippen LogP contribution in [-0.4, -0.2) is 46.3 Å². The second kappa shape index (κ2) is 10.6. The predicted octanol–water partition coefficient (Wildman–Crippen LogP) is 5.49. The molecule has 6 nitrogen and oxygen atoms in total. The molecule has 0 spiro atoms. The Hall–Kier alpha value is -2.54. The van der Waals surface area contributed by atoms with Crippen LogP contribution in [0.1, 0.15) is 24.3 Å². The molecule has 4 aromatic rings. The number of anilines is 2. The van der Waals surface area contributed by atoms with Crippen LogP contribution < -0.4 is 9.80 Å². The fourth-order valence-electron chi connectivity index (χ4n) is 4.45. The maximum Gasteiger partial charge on any atom is 0.140 e. The molecule has 1 saturated heterocycles.